The van der Waals surface area contributed by atoms with Gasteiger partial charge in [0.2, 0.25) is 0 Å². The Labute approximate surface area is 142 Å². The van der Waals surface area contributed by atoms with Gasteiger partial charge in [-0.1, -0.05) is 37.6 Å². The fourth-order valence-electron chi connectivity index (χ4n) is 2.65. The molecule has 23 heavy (non-hydrogen) atoms. The van der Waals surface area contributed by atoms with Gasteiger partial charge in [0.15, 0.2) is 5.96 Å². The summed E-state index contributed by atoms with van der Waals surface area (Å²) in [6.07, 6.45) is 2.39. The van der Waals surface area contributed by atoms with Gasteiger partial charge in [-0.15, -0.1) is 0 Å². The van der Waals surface area contributed by atoms with Crippen LogP contribution in [0.1, 0.15) is 43.4 Å². The van der Waals surface area contributed by atoms with Gasteiger partial charge in [0.05, 0.1) is 0 Å². The largest absolute Gasteiger partial charge is 0.356 e. The van der Waals surface area contributed by atoms with Crippen LogP contribution in [0.15, 0.2) is 23.2 Å². The van der Waals surface area contributed by atoms with Crippen LogP contribution in [0.2, 0.25) is 0 Å². The van der Waals surface area contributed by atoms with Crippen LogP contribution in [0, 0.1) is 13.8 Å². The van der Waals surface area contributed by atoms with E-state index in [2.05, 4.69) is 66.4 Å². The molecule has 0 unspecified atom stereocenters. The van der Waals surface area contributed by atoms with Crippen LogP contribution in [0.25, 0.3) is 0 Å². The molecule has 0 spiro atoms. The average Bonchev–Trinajstić information content (AvgIpc) is 2.55. The molecule has 0 heterocycles. The van der Waals surface area contributed by atoms with E-state index in [1.165, 1.54) is 36.1 Å². The molecule has 0 bridgehead atoms. The Hall–Kier alpha value is -1.55. The highest BCUT2D eigenvalue weighted by Crippen LogP contribution is 2.09. The van der Waals surface area contributed by atoms with E-state index in [-0.39, 0.29) is 0 Å². The molecule has 4 heteroatoms. The number of rotatable bonds is 9. The summed E-state index contributed by atoms with van der Waals surface area (Å²) in [5.41, 5.74) is 3.95. The van der Waals surface area contributed by atoms with E-state index in [1.54, 1.807) is 0 Å². The molecule has 0 aliphatic heterocycles. The van der Waals surface area contributed by atoms with Gasteiger partial charge in [-0.3, -0.25) is 4.99 Å². The Bertz CT molecular complexity index is 478. The average molecular weight is 319 g/mol. The lowest BCUT2D eigenvalue weighted by Gasteiger charge is -2.18. The summed E-state index contributed by atoms with van der Waals surface area (Å²) in [6.45, 7) is 14.0. The zero-order valence-corrected chi connectivity index (χ0v) is 15.6. The number of nitrogens with one attached hydrogen (secondary N) is 2. The number of nitrogens with zero attached hydrogens (tertiary/aromatic N) is 2. The van der Waals surface area contributed by atoms with Gasteiger partial charge in [0, 0.05) is 20.1 Å². The number of aliphatic imine (C=N–C) groups is 1. The number of benzene rings is 1. The fraction of sp³-hybridized carbons (Fsp3) is 0.632. The highest BCUT2D eigenvalue weighted by molar-refractivity contribution is 5.79. The van der Waals surface area contributed by atoms with E-state index >= 15 is 0 Å². The van der Waals surface area contributed by atoms with Crippen molar-refractivity contribution in [3.8, 4) is 0 Å². The molecule has 0 atom stereocenters. The minimum absolute atomic E-state index is 0.811. The summed E-state index contributed by atoms with van der Waals surface area (Å²) >= 11 is 0. The minimum Gasteiger partial charge on any atom is -0.356 e. The molecule has 0 aliphatic carbocycles. The number of aryl methyl sites for hydroxylation is 2. The van der Waals surface area contributed by atoms with E-state index in [1.807, 2.05) is 7.05 Å². The van der Waals surface area contributed by atoms with Gasteiger partial charge in [-0.05, 0) is 57.5 Å². The maximum atomic E-state index is 4.30. The molecular formula is C19H34N4. The second-order valence-corrected chi connectivity index (χ2v) is 6.02. The molecular weight excluding hydrogens is 284 g/mol. The van der Waals surface area contributed by atoms with Crippen molar-refractivity contribution in [3.63, 3.8) is 0 Å². The van der Waals surface area contributed by atoms with E-state index in [9.17, 15) is 0 Å². The third kappa shape index (κ3) is 7.51. The van der Waals surface area contributed by atoms with Crippen molar-refractivity contribution in [2.24, 2.45) is 4.99 Å². The lowest BCUT2D eigenvalue weighted by molar-refractivity contribution is 0.297. The predicted molar refractivity (Wildman–Crippen MR) is 101 cm³/mol. The van der Waals surface area contributed by atoms with Gasteiger partial charge in [0.25, 0.3) is 0 Å². The molecule has 0 saturated heterocycles. The van der Waals surface area contributed by atoms with Crippen LogP contribution >= 0.6 is 0 Å². The van der Waals surface area contributed by atoms with E-state index in [0.29, 0.717) is 0 Å². The van der Waals surface area contributed by atoms with Gasteiger partial charge in [0.1, 0.15) is 0 Å². The smallest absolute Gasteiger partial charge is 0.191 e. The minimum atomic E-state index is 0.811. The summed E-state index contributed by atoms with van der Waals surface area (Å²) < 4.78 is 0. The number of guanidine groups is 1. The summed E-state index contributed by atoms with van der Waals surface area (Å²) in [5, 5.41) is 6.80. The number of hydrogen-bond donors (Lipinski definition) is 2. The molecule has 0 fully saturated rings. The SMILES string of the molecule is CCN(CC)CCCCNC(=NC)NCc1ccc(C)cc1C. The Morgan fingerprint density at radius 2 is 1.83 bits per heavy atom. The first-order chi connectivity index (χ1) is 11.1. The second kappa shape index (κ2) is 11.1. The molecule has 1 rings (SSSR count). The van der Waals surface area contributed by atoms with E-state index in [4.69, 9.17) is 0 Å². The molecule has 0 amide bonds. The van der Waals surface area contributed by atoms with Crippen molar-refractivity contribution in [3.05, 3.63) is 34.9 Å². The molecule has 0 radical (unpaired) electrons. The van der Waals surface area contributed by atoms with Crippen LogP contribution in [0.3, 0.4) is 0 Å². The van der Waals surface area contributed by atoms with Gasteiger partial charge in [-0.25, -0.2) is 0 Å². The molecule has 130 valence electrons. The number of hydrogen-bond acceptors (Lipinski definition) is 2. The maximum Gasteiger partial charge on any atom is 0.191 e. The molecule has 0 aliphatic rings. The Balaban J connectivity index is 2.27. The normalized spacial score (nSPS) is 11.8. The monoisotopic (exact) mass is 318 g/mol. The van der Waals surface area contributed by atoms with Crippen molar-refractivity contribution < 1.29 is 0 Å². The van der Waals surface area contributed by atoms with Crippen LogP contribution in [-0.4, -0.2) is 44.1 Å². The maximum absolute atomic E-state index is 4.30. The van der Waals surface area contributed by atoms with Gasteiger partial charge >= 0.3 is 0 Å². The van der Waals surface area contributed by atoms with Crippen molar-refractivity contribution in [1.82, 2.24) is 15.5 Å². The van der Waals surface area contributed by atoms with E-state index < -0.39 is 0 Å². The molecule has 2 N–H and O–H groups in total. The van der Waals surface area contributed by atoms with Gasteiger partial charge < -0.3 is 15.5 Å². The Morgan fingerprint density at radius 1 is 1.09 bits per heavy atom. The Morgan fingerprint density at radius 3 is 2.43 bits per heavy atom. The fourth-order valence-corrected chi connectivity index (χ4v) is 2.65. The first kappa shape index (κ1) is 19.5. The third-order valence-electron chi connectivity index (χ3n) is 4.26. The summed E-state index contributed by atoms with van der Waals surface area (Å²) in [7, 11) is 1.83. The van der Waals surface area contributed by atoms with Crippen molar-refractivity contribution in [1.29, 1.82) is 0 Å². The van der Waals surface area contributed by atoms with Gasteiger partial charge in [-0.2, -0.15) is 0 Å². The summed E-state index contributed by atoms with van der Waals surface area (Å²) in [6, 6.07) is 6.57. The van der Waals surface area contributed by atoms with E-state index in [0.717, 1.165) is 32.1 Å². The zero-order valence-electron chi connectivity index (χ0n) is 15.6. The Kier molecular flexibility index (Phi) is 9.37. The molecule has 0 saturated carbocycles. The topological polar surface area (TPSA) is 39.7 Å². The van der Waals surface area contributed by atoms with Crippen LogP contribution < -0.4 is 10.6 Å². The quantitative estimate of drug-likeness (QED) is 0.417. The molecule has 1 aromatic carbocycles. The highest BCUT2D eigenvalue weighted by Gasteiger charge is 2.02. The standard InChI is InChI=1S/C19H34N4/c1-6-23(7-2)13-9-8-12-21-19(20-5)22-15-18-11-10-16(3)14-17(18)4/h10-11,14H,6-9,12-13,15H2,1-5H3,(H2,20,21,22). The summed E-state index contributed by atoms with van der Waals surface area (Å²) in [5.74, 6) is 0.882. The highest BCUT2D eigenvalue weighted by atomic mass is 15.2. The molecule has 4 nitrogen and oxygen atoms in total. The van der Waals surface area contributed by atoms with Crippen molar-refractivity contribution in [2.45, 2.75) is 47.1 Å². The number of unbranched alkanes of at least 4 members (excludes halogenated alkanes) is 1. The zero-order chi connectivity index (χ0) is 17.1. The lowest BCUT2D eigenvalue weighted by Crippen LogP contribution is -2.37. The van der Waals surface area contributed by atoms with Crippen molar-refractivity contribution >= 4 is 5.96 Å². The van der Waals surface area contributed by atoms with Crippen LogP contribution in [0.5, 0.6) is 0 Å². The lowest BCUT2D eigenvalue weighted by atomic mass is 10.1. The first-order valence-corrected chi connectivity index (χ1v) is 8.83. The predicted octanol–water partition coefficient (Wildman–Crippen LogP) is 3.09. The first-order valence-electron chi connectivity index (χ1n) is 8.83. The van der Waals surface area contributed by atoms with Crippen molar-refractivity contribution in [2.75, 3.05) is 33.2 Å². The second-order valence-electron chi connectivity index (χ2n) is 6.02. The summed E-state index contributed by atoms with van der Waals surface area (Å²) in [4.78, 5) is 6.76. The molecule has 1 aromatic rings. The van der Waals surface area contributed by atoms with Crippen LogP contribution in [-0.2, 0) is 6.54 Å². The van der Waals surface area contributed by atoms with Crippen LogP contribution in [0.4, 0.5) is 0 Å². The molecule has 0 aromatic heterocycles. The third-order valence-corrected chi connectivity index (χ3v) is 4.26.